The number of hydrogen-bond donors (Lipinski definition) is 13. The SMILES string of the molecule is CCCN(CCC)CCCCN(C)Cc1ccc(CN(Cc2ncc[nH]2)Cc2nccn2C)cc1.O=C(O)[C@H](O)[C@@H](O)C(=O)O.O=C(O)[C@H](O)[C@@H](O)C(=O)O.O=C(O)[C@H](O)[C@@H](O)C(=O)O. The van der Waals surface area contributed by atoms with E-state index in [9.17, 15) is 28.8 Å². The summed E-state index contributed by atoms with van der Waals surface area (Å²) in [6.45, 7) is 12.8. The summed E-state index contributed by atoms with van der Waals surface area (Å²) in [6, 6.07) is 9.10. The summed E-state index contributed by atoms with van der Waals surface area (Å²) >= 11 is 0. The Labute approximate surface area is 374 Å². The van der Waals surface area contributed by atoms with Crippen molar-refractivity contribution in [2.24, 2.45) is 7.05 Å². The molecule has 6 atom stereocenters. The average molecular weight is 930 g/mol. The number of H-pyrrole nitrogens is 1. The van der Waals surface area contributed by atoms with Gasteiger partial charge in [-0.2, -0.15) is 0 Å². The lowest BCUT2D eigenvalue weighted by Gasteiger charge is -2.22. The number of aliphatic carboxylic acids is 6. The van der Waals surface area contributed by atoms with Crippen LogP contribution in [0.2, 0.25) is 0 Å². The molecule has 0 spiro atoms. The van der Waals surface area contributed by atoms with Gasteiger partial charge in [0.05, 0.1) is 13.1 Å². The predicted molar refractivity (Wildman–Crippen MR) is 226 cm³/mol. The van der Waals surface area contributed by atoms with E-state index in [0.29, 0.717) is 0 Å². The Morgan fingerprint density at radius 1 is 0.554 bits per heavy atom. The van der Waals surface area contributed by atoms with Crippen molar-refractivity contribution in [1.29, 1.82) is 0 Å². The smallest absolute Gasteiger partial charge is 0.335 e. The van der Waals surface area contributed by atoms with Crippen molar-refractivity contribution in [3.8, 4) is 0 Å². The highest BCUT2D eigenvalue weighted by molar-refractivity contribution is 5.84. The first-order valence-electron chi connectivity index (χ1n) is 20.1. The molecule has 2 aromatic heterocycles. The molecule has 2 heterocycles. The third-order valence-corrected chi connectivity index (χ3v) is 8.86. The predicted octanol–water partition coefficient (Wildman–Crippen LogP) is -1.69. The summed E-state index contributed by atoms with van der Waals surface area (Å²) in [5.74, 6) is -8.58. The summed E-state index contributed by atoms with van der Waals surface area (Å²) in [5, 5.41) is 97.6. The second kappa shape index (κ2) is 31.9. The van der Waals surface area contributed by atoms with Gasteiger partial charge in [0.25, 0.3) is 0 Å². The van der Waals surface area contributed by atoms with Gasteiger partial charge in [-0.05, 0) is 70.0 Å². The Kier molecular flexibility index (Phi) is 29.0. The van der Waals surface area contributed by atoms with Crippen LogP contribution in [0.15, 0.2) is 49.1 Å². The highest BCUT2D eigenvalue weighted by Crippen LogP contribution is 2.14. The Bertz CT molecular complexity index is 1700. The van der Waals surface area contributed by atoms with Crippen molar-refractivity contribution < 1.29 is 90.0 Å². The molecule has 1 aromatic carbocycles. The van der Waals surface area contributed by atoms with Gasteiger partial charge in [0.15, 0.2) is 36.6 Å². The third kappa shape index (κ3) is 24.7. The van der Waals surface area contributed by atoms with Crippen LogP contribution >= 0.6 is 0 Å². The zero-order valence-corrected chi connectivity index (χ0v) is 36.6. The molecule has 0 amide bonds. The number of carbonyl (C=O) groups is 6. The van der Waals surface area contributed by atoms with Crippen molar-refractivity contribution in [3.05, 3.63) is 71.8 Å². The van der Waals surface area contributed by atoms with E-state index in [2.05, 4.69) is 79.4 Å². The zero-order valence-electron chi connectivity index (χ0n) is 36.6. The Hall–Kier alpha value is -5.90. The lowest BCUT2D eigenvalue weighted by Crippen LogP contribution is -2.39. The van der Waals surface area contributed by atoms with Gasteiger partial charge in [0, 0.05) is 44.9 Å². The molecule has 0 aliphatic heterocycles. The van der Waals surface area contributed by atoms with Crippen LogP contribution in [0.25, 0.3) is 0 Å². The maximum absolute atomic E-state index is 9.77. The lowest BCUT2D eigenvalue weighted by molar-refractivity contribution is -0.165. The molecule has 0 aliphatic carbocycles. The van der Waals surface area contributed by atoms with Gasteiger partial charge in [0.1, 0.15) is 11.6 Å². The van der Waals surface area contributed by atoms with E-state index in [1.165, 1.54) is 56.4 Å². The van der Waals surface area contributed by atoms with E-state index in [4.69, 9.17) is 61.3 Å². The number of benzene rings is 1. The number of aromatic nitrogens is 4. The fourth-order valence-electron chi connectivity index (χ4n) is 5.41. The van der Waals surface area contributed by atoms with Crippen molar-refractivity contribution in [2.45, 2.75) is 102 Å². The van der Waals surface area contributed by atoms with Gasteiger partial charge < -0.3 is 80.6 Å². The Morgan fingerprint density at radius 2 is 0.954 bits per heavy atom. The van der Waals surface area contributed by atoms with Gasteiger partial charge in [-0.15, -0.1) is 0 Å². The maximum atomic E-state index is 9.77. The molecular weight excluding hydrogens is 866 g/mol. The third-order valence-electron chi connectivity index (χ3n) is 8.86. The molecule has 0 bridgehead atoms. The summed E-state index contributed by atoms with van der Waals surface area (Å²) in [7, 11) is 4.28. The number of imidazole rings is 2. The summed E-state index contributed by atoms with van der Waals surface area (Å²) in [5.41, 5.74) is 2.68. The van der Waals surface area contributed by atoms with E-state index < -0.39 is 72.4 Å². The molecule has 3 rings (SSSR count). The number of aliphatic hydroxyl groups excluding tert-OH is 6. The van der Waals surface area contributed by atoms with Crippen molar-refractivity contribution in [1.82, 2.24) is 34.2 Å². The van der Waals surface area contributed by atoms with Gasteiger partial charge >= 0.3 is 35.8 Å². The number of hydrogen-bond acceptors (Lipinski definition) is 17. The normalized spacial score (nSPS) is 13.7. The van der Waals surface area contributed by atoms with E-state index >= 15 is 0 Å². The monoisotopic (exact) mass is 929 g/mol. The topological polar surface area (TPSA) is 401 Å². The Morgan fingerprint density at radius 3 is 1.29 bits per heavy atom. The van der Waals surface area contributed by atoms with Crippen LogP contribution in [0.4, 0.5) is 0 Å². The second-order valence-corrected chi connectivity index (χ2v) is 14.4. The fraction of sp³-hybridized carbons (Fsp3) is 0.550. The minimum absolute atomic E-state index is 0.762. The molecule has 0 aliphatic rings. The minimum Gasteiger partial charge on any atom is -0.479 e. The van der Waals surface area contributed by atoms with Crippen molar-refractivity contribution >= 4 is 35.8 Å². The molecule has 0 fully saturated rings. The number of unbranched alkanes of at least 4 members (excludes halogenated alkanes) is 1. The lowest BCUT2D eigenvalue weighted by atomic mass is 10.1. The number of carboxylic acid groups (broad SMARTS) is 6. The maximum Gasteiger partial charge on any atom is 0.335 e. The van der Waals surface area contributed by atoms with Gasteiger partial charge in [-0.1, -0.05) is 38.1 Å². The first-order chi connectivity index (χ1) is 30.5. The number of nitrogens with zero attached hydrogens (tertiary/aromatic N) is 6. The molecule has 3 aromatic rings. The minimum atomic E-state index is -2.27. The van der Waals surface area contributed by atoms with Crippen LogP contribution < -0.4 is 0 Å². The van der Waals surface area contributed by atoms with Crippen molar-refractivity contribution in [3.63, 3.8) is 0 Å². The van der Waals surface area contributed by atoms with Gasteiger partial charge in [0.2, 0.25) is 0 Å². The van der Waals surface area contributed by atoms with Crippen LogP contribution in [0.5, 0.6) is 0 Å². The number of nitrogens with one attached hydrogen (secondary N) is 1. The molecule has 0 radical (unpaired) electrons. The number of rotatable bonds is 26. The summed E-state index contributed by atoms with van der Waals surface area (Å²) < 4.78 is 2.08. The van der Waals surface area contributed by atoms with Gasteiger partial charge in [-0.25, -0.2) is 38.7 Å². The molecule has 65 heavy (non-hydrogen) atoms. The van der Waals surface area contributed by atoms with Crippen molar-refractivity contribution in [2.75, 3.05) is 33.2 Å². The van der Waals surface area contributed by atoms with Crippen LogP contribution in [-0.4, -0.2) is 201 Å². The average Bonchev–Trinajstić information content (AvgIpc) is 3.92. The standard InChI is InChI=1S/C28H45N7.3C4H6O6/c1-5-16-34(17-6-2)19-8-7-18-32(3)21-25-9-11-26(12-10-25)22-35(23-27-29-13-14-30-27)24-28-31-15-20-33(28)4;3*5-1(3(7)8)2(6)4(9)10/h9-15,20H,5-8,16-19,21-24H2,1-4H3,(H,29,30);3*1-2,5-6H,(H,7,8)(H,9,10)/t;3*1-,2-/m.111/s1. The highest BCUT2D eigenvalue weighted by atomic mass is 16.5. The van der Waals surface area contributed by atoms with E-state index in [-0.39, 0.29) is 0 Å². The second-order valence-electron chi connectivity index (χ2n) is 14.4. The van der Waals surface area contributed by atoms with E-state index in [1.807, 2.05) is 31.8 Å². The number of aromatic amines is 1. The zero-order chi connectivity index (χ0) is 49.8. The van der Waals surface area contributed by atoms with Gasteiger partial charge in [-0.3, -0.25) is 4.90 Å². The van der Waals surface area contributed by atoms with Crippen LogP contribution in [0.1, 0.15) is 62.3 Å². The van der Waals surface area contributed by atoms with Crippen LogP contribution in [0, 0.1) is 0 Å². The molecular formula is C40H63N7O18. The first-order valence-corrected chi connectivity index (χ1v) is 20.1. The molecule has 366 valence electrons. The molecule has 13 N–H and O–H groups in total. The molecule has 0 unspecified atom stereocenters. The van der Waals surface area contributed by atoms with E-state index in [0.717, 1.165) is 44.4 Å². The Balaban J connectivity index is 0.00000110. The molecule has 0 saturated heterocycles. The summed E-state index contributed by atoms with van der Waals surface area (Å²) in [6.07, 6.45) is -1.01. The summed E-state index contributed by atoms with van der Waals surface area (Å²) in [4.78, 5) is 78.2. The van der Waals surface area contributed by atoms with E-state index in [1.54, 1.807) is 0 Å². The number of aliphatic hydroxyl groups is 6. The largest absolute Gasteiger partial charge is 0.479 e. The van der Waals surface area contributed by atoms with Crippen LogP contribution in [0.3, 0.4) is 0 Å². The highest BCUT2D eigenvalue weighted by Gasteiger charge is 2.31. The fourth-order valence-corrected chi connectivity index (χ4v) is 5.41. The molecule has 0 saturated carbocycles. The number of carboxylic acids is 6. The first kappa shape index (κ1) is 59.1. The quantitative estimate of drug-likeness (QED) is 0.0400. The molecule has 25 nitrogen and oxygen atoms in total. The molecule has 25 heteroatoms. The van der Waals surface area contributed by atoms with Crippen LogP contribution in [-0.2, 0) is 62.0 Å². The number of aryl methyl sites for hydroxylation is 1.